The smallest absolute Gasteiger partial charge is 0.137 e. The van der Waals surface area contributed by atoms with E-state index in [1.165, 1.54) is 50.3 Å². The minimum atomic E-state index is 0.327. The summed E-state index contributed by atoms with van der Waals surface area (Å²) in [5.41, 5.74) is 0. The second-order valence-corrected chi connectivity index (χ2v) is 7.00. The van der Waals surface area contributed by atoms with Gasteiger partial charge in [0.1, 0.15) is 11.6 Å². The minimum absolute atomic E-state index is 0.327. The summed E-state index contributed by atoms with van der Waals surface area (Å²) >= 11 is 0. The zero-order valence-corrected chi connectivity index (χ0v) is 14.1. The molecule has 1 aromatic rings. The van der Waals surface area contributed by atoms with Gasteiger partial charge in [0.2, 0.25) is 0 Å². The van der Waals surface area contributed by atoms with Gasteiger partial charge in [0, 0.05) is 32.0 Å². The predicted molar refractivity (Wildman–Crippen MR) is 87.1 cm³/mol. The standard InChI is InChI=1S/C17H30N4O/c1-14(2)22-12-11-20-9-6-7-15(13-20)17-19-18-16-8-4-3-5-10-21(16)17/h14-15H,3-13H2,1-2H3. The molecule has 3 heterocycles. The van der Waals surface area contributed by atoms with E-state index < -0.39 is 0 Å². The molecule has 22 heavy (non-hydrogen) atoms. The van der Waals surface area contributed by atoms with Crippen LogP contribution in [0.15, 0.2) is 0 Å². The predicted octanol–water partition coefficient (Wildman–Crippen LogP) is 2.61. The van der Waals surface area contributed by atoms with Crippen molar-refractivity contribution < 1.29 is 4.74 Å². The van der Waals surface area contributed by atoms with Crippen molar-refractivity contribution in [2.45, 2.75) is 70.9 Å². The number of rotatable bonds is 5. The Morgan fingerprint density at radius 3 is 2.91 bits per heavy atom. The summed E-state index contributed by atoms with van der Waals surface area (Å²) in [6.45, 7) is 9.50. The van der Waals surface area contributed by atoms with Gasteiger partial charge in [-0.25, -0.2) is 0 Å². The second kappa shape index (κ2) is 7.55. The highest BCUT2D eigenvalue weighted by Gasteiger charge is 2.27. The first-order valence-corrected chi connectivity index (χ1v) is 9.00. The van der Waals surface area contributed by atoms with E-state index in [-0.39, 0.29) is 0 Å². The van der Waals surface area contributed by atoms with Crippen molar-refractivity contribution in [2.75, 3.05) is 26.2 Å². The van der Waals surface area contributed by atoms with Gasteiger partial charge >= 0.3 is 0 Å². The second-order valence-electron chi connectivity index (χ2n) is 7.00. The fourth-order valence-corrected chi connectivity index (χ4v) is 3.70. The molecule has 2 aliphatic heterocycles. The quantitative estimate of drug-likeness (QED) is 0.839. The van der Waals surface area contributed by atoms with E-state index in [0.717, 1.165) is 32.7 Å². The van der Waals surface area contributed by atoms with E-state index in [9.17, 15) is 0 Å². The van der Waals surface area contributed by atoms with Crippen LogP contribution in [0.1, 0.15) is 63.5 Å². The Balaban J connectivity index is 1.61. The molecule has 0 saturated carbocycles. The summed E-state index contributed by atoms with van der Waals surface area (Å²) in [6.07, 6.45) is 7.80. The molecule has 0 aromatic carbocycles. The van der Waals surface area contributed by atoms with Crippen LogP contribution in [0.25, 0.3) is 0 Å². The summed E-state index contributed by atoms with van der Waals surface area (Å²) in [4.78, 5) is 2.54. The first-order chi connectivity index (χ1) is 10.7. The summed E-state index contributed by atoms with van der Waals surface area (Å²) in [5, 5.41) is 9.03. The molecule has 1 atom stereocenters. The lowest BCUT2D eigenvalue weighted by Crippen LogP contribution is -2.37. The molecular formula is C17H30N4O. The van der Waals surface area contributed by atoms with Crippen LogP contribution in [-0.4, -0.2) is 52.0 Å². The summed E-state index contributed by atoms with van der Waals surface area (Å²) in [7, 11) is 0. The van der Waals surface area contributed by atoms with Crippen molar-refractivity contribution in [1.29, 1.82) is 0 Å². The normalized spacial score (nSPS) is 23.5. The summed E-state index contributed by atoms with van der Waals surface area (Å²) in [5.74, 6) is 3.01. The monoisotopic (exact) mass is 306 g/mol. The fraction of sp³-hybridized carbons (Fsp3) is 0.882. The molecule has 1 fully saturated rings. The molecule has 0 bridgehead atoms. The maximum atomic E-state index is 5.70. The molecule has 124 valence electrons. The van der Waals surface area contributed by atoms with Crippen LogP contribution in [0.3, 0.4) is 0 Å². The van der Waals surface area contributed by atoms with Crippen LogP contribution in [-0.2, 0) is 17.7 Å². The van der Waals surface area contributed by atoms with Crippen molar-refractivity contribution in [1.82, 2.24) is 19.7 Å². The van der Waals surface area contributed by atoms with Gasteiger partial charge in [0.05, 0.1) is 12.7 Å². The molecular weight excluding hydrogens is 276 g/mol. The number of hydrogen-bond donors (Lipinski definition) is 0. The van der Waals surface area contributed by atoms with Crippen molar-refractivity contribution >= 4 is 0 Å². The van der Waals surface area contributed by atoms with E-state index in [2.05, 4.69) is 33.5 Å². The average Bonchev–Trinajstić information content (AvgIpc) is 2.76. The number of nitrogens with zero attached hydrogens (tertiary/aromatic N) is 4. The van der Waals surface area contributed by atoms with E-state index >= 15 is 0 Å². The first kappa shape index (κ1) is 15.9. The number of aryl methyl sites for hydroxylation is 1. The van der Waals surface area contributed by atoms with Gasteiger partial charge in [-0.2, -0.15) is 0 Å². The van der Waals surface area contributed by atoms with Crippen molar-refractivity contribution in [3.05, 3.63) is 11.6 Å². The van der Waals surface area contributed by atoms with Gasteiger partial charge in [-0.3, -0.25) is 0 Å². The third-order valence-electron chi connectivity index (χ3n) is 4.87. The number of aromatic nitrogens is 3. The van der Waals surface area contributed by atoms with Crippen LogP contribution >= 0.6 is 0 Å². The molecule has 1 saturated heterocycles. The molecule has 0 radical (unpaired) electrons. The maximum Gasteiger partial charge on any atom is 0.137 e. The van der Waals surface area contributed by atoms with Crippen molar-refractivity contribution in [2.24, 2.45) is 0 Å². The molecule has 0 N–H and O–H groups in total. The highest BCUT2D eigenvalue weighted by atomic mass is 16.5. The van der Waals surface area contributed by atoms with Crippen LogP contribution in [0.5, 0.6) is 0 Å². The Morgan fingerprint density at radius 2 is 2.05 bits per heavy atom. The third kappa shape index (κ3) is 3.87. The average molecular weight is 306 g/mol. The van der Waals surface area contributed by atoms with Gasteiger partial charge in [0.15, 0.2) is 0 Å². The SMILES string of the molecule is CC(C)OCCN1CCCC(c2nnc3n2CCCCC3)C1. The number of hydrogen-bond acceptors (Lipinski definition) is 4. The van der Waals surface area contributed by atoms with Crippen LogP contribution < -0.4 is 0 Å². The number of ether oxygens (including phenoxy) is 1. The lowest BCUT2D eigenvalue weighted by molar-refractivity contribution is 0.0524. The Labute approximate surface area is 134 Å². The van der Waals surface area contributed by atoms with Crippen molar-refractivity contribution in [3.8, 4) is 0 Å². The lowest BCUT2D eigenvalue weighted by atomic mass is 9.97. The van der Waals surface area contributed by atoms with E-state index in [0.29, 0.717) is 12.0 Å². The van der Waals surface area contributed by atoms with Crippen LogP contribution in [0, 0.1) is 0 Å². The number of piperidine rings is 1. The topological polar surface area (TPSA) is 43.2 Å². The zero-order chi connectivity index (χ0) is 15.4. The Hall–Kier alpha value is -0.940. The fourth-order valence-electron chi connectivity index (χ4n) is 3.70. The van der Waals surface area contributed by atoms with Crippen LogP contribution in [0.2, 0.25) is 0 Å². The third-order valence-corrected chi connectivity index (χ3v) is 4.87. The highest BCUT2D eigenvalue weighted by molar-refractivity contribution is 5.05. The summed E-state index contributed by atoms with van der Waals surface area (Å²) in [6, 6.07) is 0. The Bertz CT molecular complexity index is 471. The molecule has 2 aliphatic rings. The molecule has 0 spiro atoms. The van der Waals surface area contributed by atoms with Gasteiger partial charge in [-0.15, -0.1) is 10.2 Å². The summed E-state index contributed by atoms with van der Waals surface area (Å²) < 4.78 is 8.13. The molecule has 5 heteroatoms. The Morgan fingerprint density at radius 1 is 1.14 bits per heavy atom. The Kier molecular flexibility index (Phi) is 5.47. The zero-order valence-electron chi connectivity index (χ0n) is 14.1. The molecule has 5 nitrogen and oxygen atoms in total. The van der Waals surface area contributed by atoms with Crippen LogP contribution in [0.4, 0.5) is 0 Å². The van der Waals surface area contributed by atoms with Gasteiger partial charge < -0.3 is 14.2 Å². The number of fused-ring (bicyclic) bond motifs is 1. The minimum Gasteiger partial charge on any atom is -0.377 e. The van der Waals surface area contributed by atoms with E-state index in [4.69, 9.17) is 4.74 Å². The van der Waals surface area contributed by atoms with E-state index in [1.54, 1.807) is 0 Å². The number of likely N-dealkylation sites (tertiary alicyclic amines) is 1. The first-order valence-electron chi connectivity index (χ1n) is 9.00. The maximum absolute atomic E-state index is 5.70. The van der Waals surface area contributed by atoms with Crippen molar-refractivity contribution in [3.63, 3.8) is 0 Å². The molecule has 3 rings (SSSR count). The highest BCUT2D eigenvalue weighted by Crippen LogP contribution is 2.27. The van der Waals surface area contributed by atoms with Gasteiger partial charge in [0.25, 0.3) is 0 Å². The van der Waals surface area contributed by atoms with Gasteiger partial charge in [-0.05, 0) is 46.1 Å². The van der Waals surface area contributed by atoms with Gasteiger partial charge in [-0.1, -0.05) is 6.42 Å². The largest absolute Gasteiger partial charge is 0.377 e. The molecule has 1 aromatic heterocycles. The van der Waals surface area contributed by atoms with E-state index in [1.807, 2.05) is 0 Å². The lowest BCUT2D eigenvalue weighted by Gasteiger charge is -2.32. The molecule has 0 amide bonds. The molecule has 0 aliphatic carbocycles. The molecule has 1 unspecified atom stereocenters.